The lowest BCUT2D eigenvalue weighted by atomic mass is 10.0. The standard InChI is InChI=1S/C9H13FN2O/c10-8-2-1-6(11)5-7(8)9(12)3-4-13/h1-2,5,9,13H,3-4,11-12H2. The number of halogens is 1. The number of aliphatic hydroxyl groups is 1. The molecule has 0 fully saturated rings. The fourth-order valence-corrected chi connectivity index (χ4v) is 1.14. The Morgan fingerprint density at radius 3 is 2.77 bits per heavy atom. The molecule has 0 aromatic heterocycles. The maximum absolute atomic E-state index is 13.1. The van der Waals surface area contributed by atoms with Gasteiger partial charge in [0.2, 0.25) is 0 Å². The molecule has 0 heterocycles. The zero-order valence-electron chi connectivity index (χ0n) is 7.20. The molecule has 3 nitrogen and oxygen atoms in total. The van der Waals surface area contributed by atoms with Crippen molar-refractivity contribution in [2.24, 2.45) is 5.73 Å². The summed E-state index contributed by atoms with van der Waals surface area (Å²) in [7, 11) is 0. The zero-order chi connectivity index (χ0) is 9.84. The van der Waals surface area contributed by atoms with Gasteiger partial charge >= 0.3 is 0 Å². The van der Waals surface area contributed by atoms with E-state index in [4.69, 9.17) is 16.6 Å². The third-order valence-electron chi connectivity index (χ3n) is 1.86. The second-order valence-electron chi connectivity index (χ2n) is 2.90. The molecular weight excluding hydrogens is 171 g/mol. The quantitative estimate of drug-likeness (QED) is 0.608. The van der Waals surface area contributed by atoms with E-state index in [0.29, 0.717) is 17.7 Å². The number of benzene rings is 1. The zero-order valence-corrected chi connectivity index (χ0v) is 7.20. The number of rotatable bonds is 3. The van der Waals surface area contributed by atoms with Gasteiger partial charge in [0.05, 0.1) is 0 Å². The largest absolute Gasteiger partial charge is 0.399 e. The lowest BCUT2D eigenvalue weighted by molar-refractivity contribution is 0.275. The van der Waals surface area contributed by atoms with E-state index >= 15 is 0 Å². The van der Waals surface area contributed by atoms with Crippen molar-refractivity contribution in [1.29, 1.82) is 0 Å². The molecule has 0 radical (unpaired) electrons. The van der Waals surface area contributed by atoms with Gasteiger partial charge in [0, 0.05) is 23.9 Å². The molecule has 0 spiro atoms. The molecule has 4 heteroatoms. The van der Waals surface area contributed by atoms with E-state index in [1.54, 1.807) is 0 Å². The smallest absolute Gasteiger partial charge is 0.128 e. The first-order chi connectivity index (χ1) is 6.15. The Bertz CT molecular complexity index is 291. The summed E-state index contributed by atoms with van der Waals surface area (Å²) in [6.07, 6.45) is 0.334. The van der Waals surface area contributed by atoms with E-state index in [-0.39, 0.29) is 12.4 Å². The second-order valence-corrected chi connectivity index (χ2v) is 2.90. The van der Waals surface area contributed by atoms with Crippen LogP contribution in [-0.2, 0) is 0 Å². The molecule has 0 aliphatic rings. The summed E-state index contributed by atoms with van der Waals surface area (Å²) in [5.74, 6) is -0.379. The molecule has 0 saturated carbocycles. The van der Waals surface area contributed by atoms with E-state index < -0.39 is 6.04 Å². The minimum atomic E-state index is -0.492. The highest BCUT2D eigenvalue weighted by Gasteiger charge is 2.10. The summed E-state index contributed by atoms with van der Waals surface area (Å²) in [6.45, 7) is -0.0601. The monoisotopic (exact) mass is 184 g/mol. The van der Waals surface area contributed by atoms with Crippen molar-refractivity contribution < 1.29 is 9.50 Å². The van der Waals surface area contributed by atoms with Crippen LogP contribution in [0, 0.1) is 5.82 Å². The second kappa shape index (κ2) is 4.20. The van der Waals surface area contributed by atoms with E-state index in [0.717, 1.165) is 0 Å². The maximum atomic E-state index is 13.1. The van der Waals surface area contributed by atoms with E-state index in [1.165, 1.54) is 18.2 Å². The molecular formula is C9H13FN2O. The van der Waals surface area contributed by atoms with Gasteiger partial charge < -0.3 is 16.6 Å². The molecule has 0 saturated heterocycles. The Kier molecular flexibility index (Phi) is 3.22. The predicted molar refractivity (Wildman–Crippen MR) is 49.4 cm³/mol. The minimum absolute atomic E-state index is 0.0601. The molecule has 0 bridgehead atoms. The Morgan fingerprint density at radius 1 is 1.46 bits per heavy atom. The van der Waals surface area contributed by atoms with Crippen molar-refractivity contribution in [3.63, 3.8) is 0 Å². The van der Waals surface area contributed by atoms with Crippen molar-refractivity contribution in [1.82, 2.24) is 0 Å². The molecule has 0 aliphatic carbocycles. The normalized spacial score (nSPS) is 12.8. The van der Waals surface area contributed by atoms with Gasteiger partial charge in [-0.25, -0.2) is 4.39 Å². The molecule has 1 unspecified atom stereocenters. The van der Waals surface area contributed by atoms with Gasteiger partial charge in [0.1, 0.15) is 5.82 Å². The van der Waals surface area contributed by atoms with Crippen molar-refractivity contribution in [2.45, 2.75) is 12.5 Å². The van der Waals surface area contributed by atoms with E-state index in [1.807, 2.05) is 0 Å². The highest BCUT2D eigenvalue weighted by atomic mass is 19.1. The molecule has 1 atom stereocenters. The molecule has 0 amide bonds. The summed E-state index contributed by atoms with van der Waals surface area (Å²) < 4.78 is 13.1. The van der Waals surface area contributed by atoms with Crippen LogP contribution in [0.2, 0.25) is 0 Å². The molecule has 13 heavy (non-hydrogen) atoms. The van der Waals surface area contributed by atoms with Crippen LogP contribution >= 0.6 is 0 Å². The Hall–Kier alpha value is -1.13. The van der Waals surface area contributed by atoms with Gasteiger partial charge in [-0.3, -0.25) is 0 Å². The first-order valence-corrected chi connectivity index (χ1v) is 4.06. The lowest BCUT2D eigenvalue weighted by Gasteiger charge is -2.11. The number of hydrogen-bond acceptors (Lipinski definition) is 3. The van der Waals surface area contributed by atoms with Gasteiger partial charge in [-0.05, 0) is 24.6 Å². The Labute approximate surface area is 76.2 Å². The maximum Gasteiger partial charge on any atom is 0.128 e. The molecule has 1 rings (SSSR count). The van der Waals surface area contributed by atoms with Crippen LogP contribution in [0.25, 0.3) is 0 Å². The van der Waals surface area contributed by atoms with Crippen LogP contribution in [0.15, 0.2) is 18.2 Å². The highest BCUT2D eigenvalue weighted by Crippen LogP contribution is 2.19. The molecule has 5 N–H and O–H groups in total. The third kappa shape index (κ3) is 2.40. The van der Waals surface area contributed by atoms with Crippen molar-refractivity contribution in [3.8, 4) is 0 Å². The summed E-state index contributed by atoms with van der Waals surface area (Å²) >= 11 is 0. The van der Waals surface area contributed by atoms with Crippen LogP contribution in [0.5, 0.6) is 0 Å². The van der Waals surface area contributed by atoms with Crippen LogP contribution < -0.4 is 11.5 Å². The Balaban J connectivity index is 2.91. The number of nitrogens with two attached hydrogens (primary N) is 2. The van der Waals surface area contributed by atoms with Gasteiger partial charge in [-0.2, -0.15) is 0 Å². The van der Waals surface area contributed by atoms with Crippen molar-refractivity contribution >= 4 is 5.69 Å². The van der Waals surface area contributed by atoms with Crippen LogP contribution in [-0.4, -0.2) is 11.7 Å². The summed E-state index contributed by atoms with van der Waals surface area (Å²) in [5.41, 5.74) is 11.9. The summed E-state index contributed by atoms with van der Waals surface area (Å²) in [5, 5.41) is 8.62. The first kappa shape index (κ1) is 9.95. The van der Waals surface area contributed by atoms with Crippen molar-refractivity contribution in [3.05, 3.63) is 29.6 Å². The van der Waals surface area contributed by atoms with Crippen LogP contribution in [0.4, 0.5) is 10.1 Å². The number of nitrogen functional groups attached to an aromatic ring is 1. The number of aliphatic hydroxyl groups excluding tert-OH is 1. The third-order valence-corrected chi connectivity index (χ3v) is 1.86. The predicted octanol–water partition coefficient (Wildman–Crippen LogP) is 0.790. The molecule has 1 aromatic rings. The van der Waals surface area contributed by atoms with Gasteiger partial charge in [-0.1, -0.05) is 0 Å². The Morgan fingerprint density at radius 2 is 2.15 bits per heavy atom. The van der Waals surface area contributed by atoms with Gasteiger partial charge in [-0.15, -0.1) is 0 Å². The number of hydrogen-bond donors (Lipinski definition) is 3. The number of anilines is 1. The van der Waals surface area contributed by atoms with Gasteiger partial charge in [0.25, 0.3) is 0 Å². The fourth-order valence-electron chi connectivity index (χ4n) is 1.14. The van der Waals surface area contributed by atoms with Crippen LogP contribution in [0.3, 0.4) is 0 Å². The molecule has 1 aromatic carbocycles. The van der Waals surface area contributed by atoms with Crippen molar-refractivity contribution in [2.75, 3.05) is 12.3 Å². The summed E-state index contributed by atoms with van der Waals surface area (Å²) in [4.78, 5) is 0. The fraction of sp³-hybridized carbons (Fsp3) is 0.333. The van der Waals surface area contributed by atoms with Crippen LogP contribution in [0.1, 0.15) is 18.0 Å². The average molecular weight is 184 g/mol. The molecule has 72 valence electrons. The van der Waals surface area contributed by atoms with E-state index in [9.17, 15) is 4.39 Å². The van der Waals surface area contributed by atoms with E-state index in [2.05, 4.69) is 0 Å². The average Bonchev–Trinajstić information content (AvgIpc) is 2.09. The highest BCUT2D eigenvalue weighted by molar-refractivity contribution is 5.42. The topological polar surface area (TPSA) is 72.3 Å². The SMILES string of the molecule is Nc1ccc(F)c(C(N)CCO)c1. The minimum Gasteiger partial charge on any atom is -0.399 e. The summed E-state index contributed by atoms with van der Waals surface area (Å²) in [6, 6.07) is 3.76. The first-order valence-electron chi connectivity index (χ1n) is 4.06. The lowest BCUT2D eigenvalue weighted by Crippen LogP contribution is -2.14. The van der Waals surface area contributed by atoms with Gasteiger partial charge in [0.15, 0.2) is 0 Å². The molecule has 0 aliphatic heterocycles.